The maximum absolute atomic E-state index is 12.4. The molecule has 1 amide bonds. The molecule has 1 aliphatic heterocycles. The summed E-state index contributed by atoms with van der Waals surface area (Å²) in [5.74, 6) is -0.265. The summed E-state index contributed by atoms with van der Waals surface area (Å²) >= 11 is 0. The van der Waals surface area contributed by atoms with Crippen LogP contribution in [0.25, 0.3) is 11.1 Å². The van der Waals surface area contributed by atoms with Crippen LogP contribution in [0.1, 0.15) is 11.8 Å². The lowest BCUT2D eigenvalue weighted by Gasteiger charge is -2.25. The molecule has 0 spiro atoms. The van der Waals surface area contributed by atoms with Gasteiger partial charge in [-0.05, 0) is 41.5 Å². The van der Waals surface area contributed by atoms with Crippen molar-refractivity contribution >= 4 is 23.0 Å². The molecule has 4 rings (SSSR count). The summed E-state index contributed by atoms with van der Waals surface area (Å²) < 4.78 is 5.29. The first-order chi connectivity index (χ1) is 16.0. The number of nitrogen functional groups attached to an aromatic ring is 1. The molecule has 33 heavy (non-hydrogen) atoms. The Hall–Kier alpha value is -3.59. The Kier molecular flexibility index (Phi) is 7.09. The molecule has 172 valence electrons. The molecule has 1 aliphatic rings. The van der Waals surface area contributed by atoms with E-state index in [0.29, 0.717) is 43.2 Å². The number of phenols is 1. The van der Waals surface area contributed by atoms with Crippen molar-refractivity contribution in [2.45, 2.75) is 6.23 Å². The van der Waals surface area contributed by atoms with Gasteiger partial charge in [0.05, 0.1) is 25.4 Å². The number of carbonyl (C=O) groups is 1. The molecule has 3 aromatic rings. The molecule has 8 heteroatoms. The fourth-order valence-corrected chi connectivity index (χ4v) is 3.70. The fourth-order valence-electron chi connectivity index (χ4n) is 3.70. The van der Waals surface area contributed by atoms with E-state index in [9.17, 15) is 15.0 Å². The summed E-state index contributed by atoms with van der Waals surface area (Å²) in [6.45, 7) is 2.84. The van der Waals surface area contributed by atoms with Crippen LogP contribution >= 0.6 is 0 Å². The van der Waals surface area contributed by atoms with Gasteiger partial charge in [0.15, 0.2) is 6.23 Å². The summed E-state index contributed by atoms with van der Waals surface area (Å²) in [5.41, 5.74) is 10.1. The summed E-state index contributed by atoms with van der Waals surface area (Å²) in [6, 6.07) is 19.8. The smallest absolute Gasteiger partial charge is 0.238 e. The van der Waals surface area contributed by atoms with E-state index in [4.69, 9.17) is 10.5 Å². The van der Waals surface area contributed by atoms with Gasteiger partial charge < -0.3 is 31.3 Å². The van der Waals surface area contributed by atoms with Gasteiger partial charge in [0, 0.05) is 30.0 Å². The van der Waals surface area contributed by atoms with Crippen LogP contribution in [0.3, 0.4) is 0 Å². The second-order valence-corrected chi connectivity index (χ2v) is 7.96. The van der Waals surface area contributed by atoms with Crippen molar-refractivity contribution in [3.8, 4) is 16.9 Å². The number of ether oxygens (including phenoxy) is 1. The number of morpholine rings is 1. The number of aliphatic hydroxyl groups excluding tert-OH is 1. The van der Waals surface area contributed by atoms with E-state index in [-0.39, 0.29) is 23.9 Å². The zero-order chi connectivity index (χ0) is 23.2. The number of benzene rings is 3. The molecule has 6 N–H and O–H groups in total. The number of rotatable bonds is 7. The zero-order valence-corrected chi connectivity index (χ0v) is 18.2. The normalized spacial score (nSPS) is 15.1. The fraction of sp³-hybridized carbons (Fsp3) is 0.240. The average Bonchev–Trinajstić information content (AvgIpc) is 2.82. The van der Waals surface area contributed by atoms with Gasteiger partial charge in [-0.2, -0.15) is 0 Å². The van der Waals surface area contributed by atoms with Gasteiger partial charge in [0.1, 0.15) is 5.75 Å². The summed E-state index contributed by atoms with van der Waals surface area (Å²) in [4.78, 5) is 14.4. The standard InChI is InChI=1S/C25H28N4O4/c26-20-3-1-2-19(14-20)17-4-6-18(7-5-17)25(32)27-21-8-9-23(30)22(15-21)28-24(31)16-29-10-12-33-13-11-29/h1-9,14-15,25,27,30,32H,10-13,16,26H2,(H,28,31). The summed E-state index contributed by atoms with van der Waals surface area (Å²) in [7, 11) is 0. The quantitative estimate of drug-likeness (QED) is 0.163. The number of phenolic OH excluding ortho intramolecular Hbond substituents is 1. The minimum atomic E-state index is -0.971. The van der Waals surface area contributed by atoms with Crippen molar-refractivity contribution in [1.82, 2.24) is 4.90 Å². The highest BCUT2D eigenvalue weighted by atomic mass is 16.5. The van der Waals surface area contributed by atoms with Crippen molar-refractivity contribution in [1.29, 1.82) is 0 Å². The number of aromatic hydroxyl groups is 1. The van der Waals surface area contributed by atoms with Crippen LogP contribution in [-0.2, 0) is 9.53 Å². The maximum Gasteiger partial charge on any atom is 0.238 e. The predicted molar refractivity (Wildman–Crippen MR) is 129 cm³/mol. The molecule has 1 saturated heterocycles. The molecule has 1 unspecified atom stereocenters. The Labute approximate surface area is 192 Å². The van der Waals surface area contributed by atoms with Gasteiger partial charge in [0.25, 0.3) is 0 Å². The van der Waals surface area contributed by atoms with E-state index in [1.807, 2.05) is 53.4 Å². The van der Waals surface area contributed by atoms with E-state index in [2.05, 4.69) is 10.6 Å². The topological polar surface area (TPSA) is 120 Å². The molecule has 8 nitrogen and oxygen atoms in total. The first kappa shape index (κ1) is 22.6. The number of nitrogens with two attached hydrogens (primary N) is 1. The Morgan fingerprint density at radius 3 is 2.52 bits per heavy atom. The second-order valence-electron chi connectivity index (χ2n) is 7.96. The van der Waals surface area contributed by atoms with Crippen molar-refractivity contribution in [2.75, 3.05) is 49.2 Å². The number of amides is 1. The van der Waals surface area contributed by atoms with Gasteiger partial charge in [0.2, 0.25) is 5.91 Å². The van der Waals surface area contributed by atoms with Crippen LogP contribution in [0, 0.1) is 0 Å². The zero-order valence-electron chi connectivity index (χ0n) is 18.2. The lowest BCUT2D eigenvalue weighted by Crippen LogP contribution is -2.41. The molecule has 0 radical (unpaired) electrons. The molecule has 0 saturated carbocycles. The minimum absolute atomic E-state index is 0.0446. The number of carbonyl (C=O) groups excluding carboxylic acids is 1. The van der Waals surface area contributed by atoms with E-state index >= 15 is 0 Å². The van der Waals surface area contributed by atoms with Gasteiger partial charge in [-0.1, -0.05) is 36.4 Å². The van der Waals surface area contributed by atoms with Crippen LogP contribution in [0.4, 0.5) is 17.1 Å². The largest absolute Gasteiger partial charge is 0.506 e. The molecular weight excluding hydrogens is 420 g/mol. The number of nitrogens with one attached hydrogen (secondary N) is 2. The van der Waals surface area contributed by atoms with E-state index in [0.717, 1.165) is 11.1 Å². The molecule has 0 aromatic heterocycles. The third-order valence-corrected chi connectivity index (χ3v) is 5.49. The van der Waals surface area contributed by atoms with Gasteiger partial charge in [-0.25, -0.2) is 0 Å². The average molecular weight is 449 g/mol. The van der Waals surface area contributed by atoms with Crippen molar-refractivity contribution < 1.29 is 19.7 Å². The lowest BCUT2D eigenvalue weighted by atomic mass is 10.0. The SMILES string of the molecule is Nc1cccc(-c2ccc(C(O)Nc3ccc(O)c(NC(=O)CN4CCOCC4)c3)cc2)c1. The Balaban J connectivity index is 1.39. The summed E-state index contributed by atoms with van der Waals surface area (Å²) in [5, 5.41) is 26.5. The predicted octanol–water partition coefficient (Wildman–Crippen LogP) is 3.02. The number of nitrogens with zero attached hydrogens (tertiary/aromatic N) is 1. The molecule has 0 aliphatic carbocycles. The van der Waals surface area contributed by atoms with E-state index < -0.39 is 6.23 Å². The Morgan fingerprint density at radius 2 is 1.79 bits per heavy atom. The maximum atomic E-state index is 12.4. The minimum Gasteiger partial charge on any atom is -0.506 e. The highest BCUT2D eigenvalue weighted by Gasteiger charge is 2.16. The molecule has 1 fully saturated rings. The molecule has 1 heterocycles. The van der Waals surface area contributed by atoms with Crippen LogP contribution in [0.2, 0.25) is 0 Å². The van der Waals surface area contributed by atoms with Crippen molar-refractivity contribution in [3.05, 3.63) is 72.3 Å². The molecule has 0 bridgehead atoms. The highest BCUT2D eigenvalue weighted by Crippen LogP contribution is 2.29. The lowest BCUT2D eigenvalue weighted by molar-refractivity contribution is -0.118. The molecular formula is C25H28N4O4. The van der Waals surface area contributed by atoms with Crippen LogP contribution in [0.15, 0.2) is 66.7 Å². The Bertz CT molecular complexity index is 1100. The first-order valence-electron chi connectivity index (χ1n) is 10.8. The monoisotopic (exact) mass is 448 g/mol. The summed E-state index contributed by atoms with van der Waals surface area (Å²) in [6.07, 6.45) is -0.971. The van der Waals surface area contributed by atoms with Crippen LogP contribution in [0.5, 0.6) is 5.75 Å². The van der Waals surface area contributed by atoms with Gasteiger partial charge >= 0.3 is 0 Å². The number of hydrogen-bond donors (Lipinski definition) is 5. The number of anilines is 3. The third kappa shape index (κ3) is 6.01. The van der Waals surface area contributed by atoms with Crippen molar-refractivity contribution in [2.24, 2.45) is 0 Å². The molecule has 3 aromatic carbocycles. The van der Waals surface area contributed by atoms with Crippen LogP contribution in [-0.4, -0.2) is 53.9 Å². The number of hydrogen-bond acceptors (Lipinski definition) is 7. The Morgan fingerprint density at radius 1 is 1.03 bits per heavy atom. The third-order valence-electron chi connectivity index (χ3n) is 5.49. The van der Waals surface area contributed by atoms with Crippen LogP contribution < -0.4 is 16.4 Å². The van der Waals surface area contributed by atoms with Gasteiger partial charge in [-0.3, -0.25) is 9.69 Å². The van der Waals surface area contributed by atoms with E-state index in [1.54, 1.807) is 12.1 Å². The second kappa shape index (κ2) is 10.4. The first-order valence-corrected chi connectivity index (χ1v) is 10.8. The molecule has 1 atom stereocenters. The van der Waals surface area contributed by atoms with Crippen molar-refractivity contribution in [3.63, 3.8) is 0 Å². The van der Waals surface area contributed by atoms with E-state index in [1.165, 1.54) is 6.07 Å². The van der Waals surface area contributed by atoms with Gasteiger partial charge in [-0.15, -0.1) is 0 Å². The number of aliphatic hydroxyl groups is 1. The highest BCUT2D eigenvalue weighted by molar-refractivity contribution is 5.94.